The predicted octanol–water partition coefficient (Wildman–Crippen LogP) is 8.06. The molecular formula is C32H48O4SSi. The van der Waals surface area contributed by atoms with E-state index in [0.717, 1.165) is 18.4 Å². The summed E-state index contributed by atoms with van der Waals surface area (Å²) in [5, 5.41) is 0. The first-order valence-corrected chi connectivity index (χ1v) is 19.6. The number of hydrogen-bond donors (Lipinski definition) is 0. The van der Waals surface area contributed by atoms with Gasteiger partial charge in [-0.1, -0.05) is 61.8 Å². The molecule has 4 aliphatic carbocycles. The quantitative estimate of drug-likeness (QED) is 0.252. The highest BCUT2D eigenvalue weighted by Crippen LogP contribution is 2.66. The summed E-state index contributed by atoms with van der Waals surface area (Å²) in [6, 6.07) is 6.94. The van der Waals surface area contributed by atoms with Crippen LogP contribution < -0.4 is 0 Å². The van der Waals surface area contributed by atoms with E-state index in [4.69, 9.17) is 8.61 Å². The van der Waals surface area contributed by atoms with Crippen molar-refractivity contribution in [3.05, 3.63) is 53.1 Å². The van der Waals surface area contributed by atoms with Crippen LogP contribution >= 0.6 is 0 Å². The molecule has 0 amide bonds. The summed E-state index contributed by atoms with van der Waals surface area (Å²) in [6.07, 6.45) is 13.7. The van der Waals surface area contributed by atoms with Gasteiger partial charge in [0.2, 0.25) is 0 Å². The van der Waals surface area contributed by atoms with Gasteiger partial charge < -0.3 is 4.43 Å². The van der Waals surface area contributed by atoms with Crippen molar-refractivity contribution >= 4 is 18.4 Å². The fraction of sp³-hybridized carbons (Fsp3) is 0.688. The largest absolute Gasteiger partial charge is 0.414 e. The van der Waals surface area contributed by atoms with Crippen LogP contribution in [-0.2, 0) is 18.7 Å². The van der Waals surface area contributed by atoms with Crippen LogP contribution in [0.1, 0.15) is 71.3 Å². The molecule has 3 fully saturated rings. The SMILES string of the molecule is Cc1ccc(S(=O)(=O)OC[C@@H](C)[C@H]2CCC3C4=CC=C5CC(O[Si](C)(C)C)CC[C@@]5(C)C4CC[C@@]32C)cc1. The molecule has 3 saturated carbocycles. The molecule has 7 atom stereocenters. The number of rotatable bonds is 7. The molecule has 0 aromatic heterocycles. The van der Waals surface area contributed by atoms with Gasteiger partial charge in [0.15, 0.2) is 8.32 Å². The van der Waals surface area contributed by atoms with Gasteiger partial charge in [-0.2, -0.15) is 8.42 Å². The van der Waals surface area contributed by atoms with Gasteiger partial charge in [0, 0.05) is 6.10 Å². The second kappa shape index (κ2) is 10.0. The third kappa shape index (κ3) is 5.15. The summed E-state index contributed by atoms with van der Waals surface area (Å²) in [7, 11) is -5.27. The minimum atomic E-state index is -3.73. The van der Waals surface area contributed by atoms with Crippen LogP contribution in [0.15, 0.2) is 52.5 Å². The Balaban J connectivity index is 1.30. The highest BCUT2D eigenvalue weighted by molar-refractivity contribution is 7.86. The molecule has 3 unspecified atom stereocenters. The lowest BCUT2D eigenvalue weighted by Crippen LogP contribution is -2.47. The molecule has 1 aromatic carbocycles. The number of allylic oxidation sites excluding steroid dienone is 3. The minimum absolute atomic E-state index is 0.196. The number of benzene rings is 1. The van der Waals surface area contributed by atoms with Crippen LogP contribution in [0.25, 0.3) is 0 Å². The van der Waals surface area contributed by atoms with Crippen molar-refractivity contribution in [3.8, 4) is 0 Å². The molecule has 5 rings (SSSR count). The molecule has 210 valence electrons. The molecule has 0 aliphatic heterocycles. The van der Waals surface area contributed by atoms with E-state index in [1.807, 2.05) is 19.1 Å². The Hall–Kier alpha value is -1.21. The summed E-state index contributed by atoms with van der Waals surface area (Å²) in [5.41, 5.74) is 4.80. The number of fused-ring (bicyclic) bond motifs is 5. The smallest absolute Gasteiger partial charge is 0.296 e. The highest BCUT2D eigenvalue weighted by Gasteiger charge is 2.57. The molecule has 4 nitrogen and oxygen atoms in total. The summed E-state index contributed by atoms with van der Waals surface area (Å²) in [4.78, 5) is 0.250. The van der Waals surface area contributed by atoms with Gasteiger partial charge in [0.25, 0.3) is 10.1 Å². The van der Waals surface area contributed by atoms with E-state index in [9.17, 15) is 8.42 Å². The van der Waals surface area contributed by atoms with Gasteiger partial charge in [-0.15, -0.1) is 0 Å². The third-order valence-electron chi connectivity index (χ3n) is 10.6. The standard InChI is InChI=1S/C32H48O4SSi/c1-22-8-11-26(12-9-22)37(33,34)35-21-23(2)28-14-15-29-27-13-10-24-20-25(36-38(5,6)7)16-18-31(24,3)30(27)17-19-32(28,29)4/h8-13,23,25,28-30H,14-21H2,1-7H3/t23-,25?,28-,29?,30?,31-,32-/m1/s1. The maximum Gasteiger partial charge on any atom is 0.296 e. The normalized spacial score (nSPS) is 36.0. The maximum absolute atomic E-state index is 12.8. The van der Waals surface area contributed by atoms with Gasteiger partial charge in [0.05, 0.1) is 11.5 Å². The van der Waals surface area contributed by atoms with Gasteiger partial charge in [-0.05, 0) is 118 Å². The summed E-state index contributed by atoms with van der Waals surface area (Å²) in [6.45, 7) is 16.3. The van der Waals surface area contributed by atoms with Crippen molar-refractivity contribution in [2.75, 3.05) is 6.61 Å². The Labute approximate surface area is 232 Å². The lowest BCUT2D eigenvalue weighted by atomic mass is 9.50. The highest BCUT2D eigenvalue weighted by atomic mass is 32.2. The zero-order valence-electron chi connectivity index (χ0n) is 24.5. The van der Waals surface area contributed by atoms with Gasteiger partial charge >= 0.3 is 0 Å². The van der Waals surface area contributed by atoms with Gasteiger partial charge in [-0.3, -0.25) is 4.18 Å². The molecule has 0 N–H and O–H groups in total. The first kappa shape index (κ1) is 28.3. The van der Waals surface area contributed by atoms with E-state index in [1.165, 1.54) is 32.1 Å². The first-order chi connectivity index (χ1) is 17.7. The van der Waals surface area contributed by atoms with Crippen molar-refractivity contribution in [1.29, 1.82) is 0 Å². The summed E-state index contributed by atoms with van der Waals surface area (Å²) < 4.78 is 37.8. The van der Waals surface area contributed by atoms with Crippen molar-refractivity contribution in [2.45, 2.75) is 103 Å². The van der Waals surface area contributed by atoms with E-state index in [-0.39, 0.29) is 28.3 Å². The fourth-order valence-electron chi connectivity index (χ4n) is 8.63. The number of hydrogen-bond acceptors (Lipinski definition) is 4. The molecule has 0 saturated heterocycles. The van der Waals surface area contributed by atoms with E-state index < -0.39 is 18.4 Å². The van der Waals surface area contributed by atoms with Crippen LogP contribution in [0, 0.1) is 41.4 Å². The topological polar surface area (TPSA) is 52.6 Å². The Kier molecular flexibility index (Phi) is 7.46. The number of aryl methyl sites for hydroxylation is 1. The molecule has 4 aliphatic rings. The molecule has 0 spiro atoms. The van der Waals surface area contributed by atoms with Gasteiger partial charge in [-0.25, -0.2) is 0 Å². The minimum Gasteiger partial charge on any atom is -0.414 e. The second-order valence-electron chi connectivity index (χ2n) is 14.2. The van der Waals surface area contributed by atoms with Crippen molar-refractivity contribution in [3.63, 3.8) is 0 Å². The molecule has 0 heterocycles. The first-order valence-electron chi connectivity index (χ1n) is 14.8. The molecular weight excluding hydrogens is 509 g/mol. The molecule has 1 aromatic rings. The van der Waals surface area contributed by atoms with E-state index in [1.54, 1.807) is 23.3 Å². The lowest BCUT2D eigenvalue weighted by molar-refractivity contribution is 0.0295. The van der Waals surface area contributed by atoms with Crippen LogP contribution in [-0.4, -0.2) is 29.4 Å². The maximum atomic E-state index is 12.8. The van der Waals surface area contributed by atoms with E-state index >= 15 is 0 Å². The molecule has 0 radical (unpaired) electrons. The Morgan fingerprint density at radius 3 is 2.37 bits per heavy atom. The van der Waals surface area contributed by atoms with Gasteiger partial charge in [0.1, 0.15) is 0 Å². The lowest BCUT2D eigenvalue weighted by Gasteiger charge is -2.55. The van der Waals surface area contributed by atoms with Crippen LogP contribution in [0.2, 0.25) is 19.6 Å². The van der Waals surface area contributed by atoms with Crippen LogP contribution in [0.3, 0.4) is 0 Å². The van der Waals surface area contributed by atoms with Crippen LogP contribution in [0.5, 0.6) is 0 Å². The van der Waals surface area contributed by atoms with Crippen molar-refractivity contribution < 1.29 is 17.0 Å². The Morgan fingerprint density at radius 1 is 0.974 bits per heavy atom. The summed E-state index contributed by atoms with van der Waals surface area (Å²) in [5.74, 6) is 1.90. The average molecular weight is 557 g/mol. The third-order valence-corrected chi connectivity index (χ3v) is 12.9. The zero-order chi connectivity index (χ0) is 27.5. The Bertz CT molecular complexity index is 1210. The van der Waals surface area contributed by atoms with Crippen LogP contribution in [0.4, 0.5) is 0 Å². The zero-order valence-corrected chi connectivity index (χ0v) is 26.4. The van der Waals surface area contributed by atoms with Crippen molar-refractivity contribution in [1.82, 2.24) is 0 Å². The molecule has 6 heteroatoms. The molecule has 0 bridgehead atoms. The summed E-state index contributed by atoms with van der Waals surface area (Å²) >= 11 is 0. The monoisotopic (exact) mass is 556 g/mol. The molecule has 38 heavy (non-hydrogen) atoms. The fourth-order valence-corrected chi connectivity index (χ4v) is 10.8. The second-order valence-corrected chi connectivity index (χ2v) is 20.3. The van der Waals surface area contributed by atoms with E-state index in [2.05, 4.69) is 52.6 Å². The van der Waals surface area contributed by atoms with E-state index in [0.29, 0.717) is 23.9 Å². The predicted molar refractivity (Wildman–Crippen MR) is 157 cm³/mol. The van der Waals surface area contributed by atoms with Crippen molar-refractivity contribution in [2.24, 2.45) is 34.5 Å². The Morgan fingerprint density at radius 2 is 1.68 bits per heavy atom. The average Bonchev–Trinajstić information content (AvgIpc) is 3.19.